The minimum Gasteiger partial charge on any atom is -0.480 e. The fraction of sp³-hybridized carbons (Fsp3) is 0.167. The zero-order valence-electron chi connectivity index (χ0n) is 9.78. The summed E-state index contributed by atoms with van der Waals surface area (Å²) in [5, 5.41) is 0. The van der Waals surface area contributed by atoms with Gasteiger partial charge in [-0.3, -0.25) is 0 Å². The van der Waals surface area contributed by atoms with Crippen molar-refractivity contribution in [1.82, 2.24) is 9.97 Å². The summed E-state index contributed by atoms with van der Waals surface area (Å²) in [6.45, 7) is 1.84. The molecule has 0 aliphatic rings. The van der Waals surface area contributed by atoms with Gasteiger partial charge < -0.3 is 9.47 Å². The second-order valence-corrected chi connectivity index (χ2v) is 4.40. The van der Waals surface area contributed by atoms with Gasteiger partial charge in [-0.15, -0.1) is 0 Å². The third-order valence-electron chi connectivity index (χ3n) is 2.17. The summed E-state index contributed by atoms with van der Waals surface area (Å²) in [5.74, 6) is -0.0569. The molecule has 6 heteroatoms. The summed E-state index contributed by atoms with van der Waals surface area (Å²) in [5.41, 5.74) is 0.885. The molecule has 0 saturated heterocycles. The number of ether oxygens (including phenoxy) is 2. The number of halogens is 2. The molecule has 0 fully saturated rings. The molecular formula is C12H10BrFN2O2. The lowest BCUT2D eigenvalue weighted by molar-refractivity contribution is 0.366. The van der Waals surface area contributed by atoms with E-state index < -0.39 is 5.82 Å². The lowest BCUT2D eigenvalue weighted by Crippen LogP contribution is -1.97. The summed E-state index contributed by atoms with van der Waals surface area (Å²) >= 11 is 3.22. The van der Waals surface area contributed by atoms with Crippen LogP contribution >= 0.6 is 15.9 Å². The molecule has 0 spiro atoms. The molecule has 2 rings (SSSR count). The van der Waals surface area contributed by atoms with E-state index >= 15 is 0 Å². The van der Waals surface area contributed by atoms with Gasteiger partial charge in [0.05, 0.1) is 17.8 Å². The van der Waals surface area contributed by atoms with Crippen LogP contribution in [0.3, 0.4) is 0 Å². The smallest absolute Gasteiger partial charge is 0.325 e. The van der Waals surface area contributed by atoms with Crippen LogP contribution in [0.15, 0.2) is 28.9 Å². The molecular weight excluding hydrogens is 303 g/mol. The molecule has 2 aromatic rings. The third kappa shape index (κ3) is 2.76. The van der Waals surface area contributed by atoms with E-state index in [1.54, 1.807) is 12.1 Å². The van der Waals surface area contributed by atoms with Gasteiger partial charge >= 0.3 is 6.01 Å². The van der Waals surface area contributed by atoms with Crippen molar-refractivity contribution in [3.05, 3.63) is 40.2 Å². The minimum atomic E-state index is -0.467. The van der Waals surface area contributed by atoms with Crippen LogP contribution < -0.4 is 9.47 Å². The lowest BCUT2D eigenvalue weighted by Gasteiger charge is -2.07. The number of hydrogen-bond donors (Lipinski definition) is 0. The molecule has 1 aromatic carbocycles. The van der Waals surface area contributed by atoms with E-state index in [9.17, 15) is 4.39 Å². The van der Waals surface area contributed by atoms with Crippen LogP contribution in [0.4, 0.5) is 4.39 Å². The summed E-state index contributed by atoms with van der Waals surface area (Å²) in [7, 11) is 1.48. The van der Waals surface area contributed by atoms with E-state index in [4.69, 9.17) is 9.47 Å². The van der Waals surface area contributed by atoms with Crippen molar-refractivity contribution in [3.8, 4) is 17.6 Å². The van der Waals surface area contributed by atoms with E-state index in [1.807, 2.05) is 6.92 Å². The van der Waals surface area contributed by atoms with Crippen molar-refractivity contribution < 1.29 is 13.9 Å². The van der Waals surface area contributed by atoms with Crippen molar-refractivity contribution in [2.24, 2.45) is 0 Å². The number of nitrogens with zero attached hydrogens (tertiary/aromatic N) is 2. The summed E-state index contributed by atoms with van der Waals surface area (Å²) in [6, 6.07) is 4.60. The number of benzene rings is 1. The molecule has 0 aliphatic heterocycles. The fourth-order valence-electron chi connectivity index (χ4n) is 1.32. The quantitative estimate of drug-likeness (QED) is 0.870. The number of rotatable bonds is 3. The van der Waals surface area contributed by atoms with E-state index in [2.05, 4.69) is 25.9 Å². The van der Waals surface area contributed by atoms with Crippen molar-refractivity contribution in [3.63, 3.8) is 0 Å². The molecule has 0 amide bonds. The molecule has 1 heterocycles. The highest BCUT2D eigenvalue weighted by atomic mass is 79.9. The zero-order valence-corrected chi connectivity index (χ0v) is 11.4. The van der Waals surface area contributed by atoms with E-state index in [1.165, 1.54) is 19.4 Å². The van der Waals surface area contributed by atoms with Crippen molar-refractivity contribution in [2.45, 2.75) is 6.92 Å². The molecule has 0 atom stereocenters. The molecule has 0 N–H and O–H groups in total. The Kier molecular flexibility index (Phi) is 3.76. The van der Waals surface area contributed by atoms with Crippen molar-refractivity contribution in [2.75, 3.05) is 7.11 Å². The number of aromatic nitrogens is 2. The fourth-order valence-corrected chi connectivity index (χ4v) is 1.67. The molecule has 18 heavy (non-hydrogen) atoms. The molecule has 0 aliphatic carbocycles. The predicted molar refractivity (Wildman–Crippen MR) is 67.5 cm³/mol. The van der Waals surface area contributed by atoms with Crippen molar-refractivity contribution >= 4 is 15.9 Å². The molecule has 4 nitrogen and oxygen atoms in total. The van der Waals surface area contributed by atoms with Gasteiger partial charge in [-0.1, -0.05) is 6.07 Å². The van der Waals surface area contributed by atoms with Gasteiger partial charge in [-0.2, -0.15) is 4.98 Å². The average molecular weight is 313 g/mol. The first-order valence-electron chi connectivity index (χ1n) is 5.10. The molecule has 1 aromatic heterocycles. The van der Waals surface area contributed by atoms with Crippen LogP contribution in [0.1, 0.15) is 5.56 Å². The Hall–Kier alpha value is -1.69. The Morgan fingerprint density at radius 1 is 1.33 bits per heavy atom. The van der Waals surface area contributed by atoms with Gasteiger partial charge in [-0.05, 0) is 40.5 Å². The molecule has 0 unspecified atom stereocenters. The second kappa shape index (κ2) is 5.30. The monoisotopic (exact) mass is 312 g/mol. The van der Waals surface area contributed by atoms with Gasteiger partial charge in [-0.25, -0.2) is 9.37 Å². The Morgan fingerprint density at radius 2 is 2.11 bits per heavy atom. The third-order valence-corrected chi connectivity index (χ3v) is 2.72. The lowest BCUT2D eigenvalue weighted by atomic mass is 10.2. The molecule has 0 saturated carbocycles. The molecule has 0 radical (unpaired) electrons. The van der Waals surface area contributed by atoms with Gasteiger partial charge in [0.1, 0.15) is 0 Å². The predicted octanol–water partition coefficient (Wildman–Crippen LogP) is 3.49. The van der Waals surface area contributed by atoms with Gasteiger partial charge in [0, 0.05) is 0 Å². The largest absolute Gasteiger partial charge is 0.480 e. The first kappa shape index (κ1) is 12.8. The Bertz CT molecular complexity index is 578. The van der Waals surface area contributed by atoms with Crippen molar-refractivity contribution in [1.29, 1.82) is 0 Å². The SMILES string of the molecule is COc1nc(Oc2cc(C)ccc2F)ncc1Br. The summed E-state index contributed by atoms with van der Waals surface area (Å²) in [6.07, 6.45) is 1.48. The highest BCUT2D eigenvalue weighted by Gasteiger charge is 2.10. The van der Waals surface area contributed by atoms with E-state index in [0.717, 1.165) is 5.56 Å². The van der Waals surface area contributed by atoms with Crippen LogP contribution in [-0.4, -0.2) is 17.1 Å². The van der Waals surface area contributed by atoms with E-state index in [0.29, 0.717) is 10.4 Å². The zero-order chi connectivity index (χ0) is 13.1. The normalized spacial score (nSPS) is 10.2. The highest BCUT2D eigenvalue weighted by Crippen LogP contribution is 2.27. The van der Waals surface area contributed by atoms with Crippen LogP contribution in [0.5, 0.6) is 17.6 Å². The van der Waals surface area contributed by atoms with Crippen LogP contribution in [0, 0.1) is 12.7 Å². The number of methoxy groups -OCH3 is 1. The maximum absolute atomic E-state index is 13.5. The van der Waals surface area contributed by atoms with Crippen LogP contribution in [-0.2, 0) is 0 Å². The van der Waals surface area contributed by atoms with E-state index in [-0.39, 0.29) is 11.8 Å². The first-order valence-corrected chi connectivity index (χ1v) is 5.90. The van der Waals surface area contributed by atoms with Gasteiger partial charge in [0.2, 0.25) is 5.88 Å². The Labute approximate surface area is 112 Å². The van der Waals surface area contributed by atoms with Crippen LogP contribution in [0.25, 0.3) is 0 Å². The standard InChI is InChI=1S/C12H10BrFN2O2/c1-7-3-4-9(14)10(5-7)18-12-15-6-8(13)11(16-12)17-2/h3-6H,1-2H3. The minimum absolute atomic E-state index is 0.0274. The summed E-state index contributed by atoms with van der Waals surface area (Å²) in [4.78, 5) is 7.91. The average Bonchev–Trinajstić information content (AvgIpc) is 2.36. The van der Waals surface area contributed by atoms with Gasteiger partial charge in [0.25, 0.3) is 0 Å². The Morgan fingerprint density at radius 3 is 2.83 bits per heavy atom. The molecule has 0 bridgehead atoms. The number of hydrogen-bond acceptors (Lipinski definition) is 4. The summed E-state index contributed by atoms with van der Waals surface area (Å²) < 4.78 is 24.4. The topological polar surface area (TPSA) is 44.2 Å². The Balaban J connectivity index is 2.31. The van der Waals surface area contributed by atoms with Gasteiger partial charge in [0.15, 0.2) is 11.6 Å². The second-order valence-electron chi connectivity index (χ2n) is 3.55. The highest BCUT2D eigenvalue weighted by molar-refractivity contribution is 9.10. The maximum atomic E-state index is 13.5. The van der Waals surface area contributed by atoms with Crippen LogP contribution in [0.2, 0.25) is 0 Å². The maximum Gasteiger partial charge on any atom is 0.325 e. The molecule has 94 valence electrons. The number of aryl methyl sites for hydroxylation is 1. The first-order chi connectivity index (χ1) is 8.60.